The molecule has 1 N–H and O–H groups in total. The van der Waals surface area contributed by atoms with Gasteiger partial charge in [0.15, 0.2) is 6.61 Å². The first kappa shape index (κ1) is 15.8. The normalized spacial score (nSPS) is 11.7. The van der Waals surface area contributed by atoms with E-state index in [-0.39, 0.29) is 12.1 Å². The maximum atomic E-state index is 11.7. The van der Waals surface area contributed by atoms with Gasteiger partial charge in [-0.05, 0) is 45.9 Å². The number of rotatable bonds is 3. The van der Waals surface area contributed by atoms with Crippen molar-refractivity contribution >= 4 is 33.1 Å². The number of carbonyl (C=O) groups excluding carboxylic acids is 1. The van der Waals surface area contributed by atoms with Crippen molar-refractivity contribution in [3.63, 3.8) is 0 Å². The molecule has 0 spiro atoms. The number of ether oxygens (including phenoxy) is 1. The van der Waals surface area contributed by atoms with Gasteiger partial charge in [0.2, 0.25) is 0 Å². The molecule has 1 amide bonds. The Hall–Kier alpha value is -1.56. The van der Waals surface area contributed by atoms with Gasteiger partial charge in [-0.2, -0.15) is 0 Å². The number of hydrogen-bond donors (Lipinski definition) is 1. The molecule has 2 aromatic rings. The van der Waals surface area contributed by atoms with E-state index < -0.39 is 6.09 Å². The summed E-state index contributed by atoms with van der Waals surface area (Å²) in [5.41, 5.74) is 1.61. The molecule has 0 radical (unpaired) electrons. The third-order valence-corrected chi connectivity index (χ3v) is 3.41. The van der Waals surface area contributed by atoms with Crippen molar-refractivity contribution in [3.8, 4) is 0 Å². The van der Waals surface area contributed by atoms with Crippen molar-refractivity contribution < 1.29 is 9.53 Å². The predicted octanol–water partition coefficient (Wildman–Crippen LogP) is 3.84. The Bertz CT molecular complexity index is 659. The number of imidazole rings is 1. The van der Waals surface area contributed by atoms with Crippen LogP contribution in [0.25, 0.3) is 11.0 Å². The van der Waals surface area contributed by atoms with Crippen molar-refractivity contribution in [1.29, 1.82) is 0 Å². The number of benzene rings is 1. The maximum absolute atomic E-state index is 11.7. The van der Waals surface area contributed by atoms with E-state index in [1.165, 1.54) is 0 Å². The molecule has 114 valence electrons. The molecule has 0 fully saturated rings. The molecule has 21 heavy (non-hydrogen) atoms. The van der Waals surface area contributed by atoms with Crippen LogP contribution in [0.15, 0.2) is 22.7 Å². The number of nitrogens with one attached hydrogen (secondary N) is 1. The van der Waals surface area contributed by atoms with Gasteiger partial charge in [0, 0.05) is 16.6 Å². The molecule has 0 atom stereocenters. The van der Waals surface area contributed by atoms with Crippen molar-refractivity contribution in [1.82, 2.24) is 14.9 Å². The van der Waals surface area contributed by atoms with Crippen LogP contribution in [0, 0.1) is 0 Å². The molecule has 0 aliphatic rings. The van der Waals surface area contributed by atoms with Crippen LogP contribution in [0.2, 0.25) is 0 Å². The Morgan fingerprint density at radius 1 is 1.43 bits per heavy atom. The Kier molecular flexibility index (Phi) is 4.56. The van der Waals surface area contributed by atoms with E-state index in [0.29, 0.717) is 0 Å². The molecule has 0 saturated carbocycles. The monoisotopic (exact) mass is 353 g/mol. The van der Waals surface area contributed by atoms with E-state index in [2.05, 4.69) is 26.2 Å². The summed E-state index contributed by atoms with van der Waals surface area (Å²) in [6.45, 7) is 8.70. The highest BCUT2D eigenvalue weighted by Crippen LogP contribution is 2.21. The molecule has 1 heterocycles. The van der Waals surface area contributed by atoms with Gasteiger partial charge in [0.05, 0.1) is 11.0 Å². The van der Waals surface area contributed by atoms with Gasteiger partial charge in [-0.25, -0.2) is 9.78 Å². The molecule has 0 bridgehead atoms. The van der Waals surface area contributed by atoms with Crippen molar-refractivity contribution in [2.75, 3.05) is 0 Å². The van der Waals surface area contributed by atoms with Gasteiger partial charge in [-0.3, -0.25) is 0 Å². The topological polar surface area (TPSA) is 56.1 Å². The van der Waals surface area contributed by atoms with Crippen molar-refractivity contribution in [2.24, 2.45) is 0 Å². The summed E-state index contributed by atoms with van der Waals surface area (Å²) >= 11 is 3.46. The number of carbonyl (C=O) groups is 1. The Labute approximate surface area is 132 Å². The molecule has 2 rings (SSSR count). The van der Waals surface area contributed by atoms with Gasteiger partial charge in [-0.1, -0.05) is 15.9 Å². The summed E-state index contributed by atoms with van der Waals surface area (Å²) in [6.07, 6.45) is -0.432. The van der Waals surface area contributed by atoms with Gasteiger partial charge in [0.1, 0.15) is 5.82 Å². The average Bonchev–Trinajstić information content (AvgIpc) is 2.71. The zero-order valence-electron chi connectivity index (χ0n) is 12.7. The van der Waals surface area contributed by atoms with Gasteiger partial charge < -0.3 is 14.6 Å². The molecule has 0 aliphatic heterocycles. The van der Waals surface area contributed by atoms with Crippen LogP contribution in [0.1, 0.15) is 33.5 Å². The molecular formula is C15H20BrN3O2. The fourth-order valence-electron chi connectivity index (χ4n) is 2.08. The number of amides is 1. The highest BCUT2D eigenvalue weighted by atomic mass is 79.9. The summed E-state index contributed by atoms with van der Waals surface area (Å²) in [5.74, 6) is 0.745. The smallest absolute Gasteiger partial charge is 0.407 e. The lowest BCUT2D eigenvalue weighted by Gasteiger charge is -2.19. The quantitative estimate of drug-likeness (QED) is 0.911. The standard InChI is InChI=1S/C15H20BrN3O2/c1-5-19-12-8-10(16)6-7-11(12)17-13(19)9-21-14(20)18-15(2,3)4/h6-8H,5,9H2,1-4H3,(H,18,20). The zero-order chi connectivity index (χ0) is 15.6. The van der Waals surface area contributed by atoms with Crippen LogP contribution in [0.3, 0.4) is 0 Å². The van der Waals surface area contributed by atoms with Crippen LogP contribution < -0.4 is 5.32 Å². The second-order valence-corrected chi connectivity index (χ2v) is 6.77. The van der Waals surface area contributed by atoms with E-state index in [0.717, 1.165) is 27.9 Å². The van der Waals surface area contributed by atoms with E-state index in [1.807, 2.05) is 50.5 Å². The Balaban J connectivity index is 2.17. The van der Waals surface area contributed by atoms with Crippen molar-refractivity contribution in [2.45, 2.75) is 46.4 Å². The predicted molar refractivity (Wildman–Crippen MR) is 86.2 cm³/mol. The van der Waals surface area contributed by atoms with Crippen LogP contribution in [0.5, 0.6) is 0 Å². The first-order valence-corrected chi connectivity index (χ1v) is 7.69. The fraction of sp³-hybridized carbons (Fsp3) is 0.467. The zero-order valence-corrected chi connectivity index (χ0v) is 14.3. The van der Waals surface area contributed by atoms with E-state index >= 15 is 0 Å². The van der Waals surface area contributed by atoms with E-state index in [4.69, 9.17) is 4.74 Å². The van der Waals surface area contributed by atoms with Crippen LogP contribution >= 0.6 is 15.9 Å². The number of fused-ring (bicyclic) bond motifs is 1. The summed E-state index contributed by atoms with van der Waals surface area (Å²) < 4.78 is 8.31. The minimum absolute atomic E-state index is 0.155. The lowest BCUT2D eigenvalue weighted by Crippen LogP contribution is -2.40. The van der Waals surface area contributed by atoms with Gasteiger partial charge in [-0.15, -0.1) is 0 Å². The molecule has 0 saturated heterocycles. The van der Waals surface area contributed by atoms with Crippen LogP contribution in [0.4, 0.5) is 4.79 Å². The fourth-order valence-corrected chi connectivity index (χ4v) is 2.43. The van der Waals surface area contributed by atoms with Gasteiger partial charge >= 0.3 is 6.09 Å². The number of aromatic nitrogens is 2. The molecule has 1 aromatic heterocycles. The lowest BCUT2D eigenvalue weighted by atomic mass is 10.1. The Morgan fingerprint density at radius 3 is 2.76 bits per heavy atom. The minimum Gasteiger partial charge on any atom is -0.441 e. The molecule has 6 heteroatoms. The Morgan fingerprint density at radius 2 is 2.14 bits per heavy atom. The molecule has 5 nitrogen and oxygen atoms in total. The van der Waals surface area contributed by atoms with Crippen LogP contribution in [-0.4, -0.2) is 21.2 Å². The number of alkyl carbamates (subject to hydrolysis) is 1. The average molecular weight is 354 g/mol. The minimum atomic E-state index is -0.432. The third-order valence-electron chi connectivity index (χ3n) is 2.91. The summed E-state index contributed by atoms with van der Waals surface area (Å²) in [7, 11) is 0. The largest absolute Gasteiger partial charge is 0.441 e. The molecule has 0 aliphatic carbocycles. The highest BCUT2D eigenvalue weighted by Gasteiger charge is 2.16. The number of halogens is 1. The summed E-state index contributed by atoms with van der Waals surface area (Å²) in [6, 6.07) is 5.92. The maximum Gasteiger partial charge on any atom is 0.407 e. The second-order valence-electron chi connectivity index (χ2n) is 5.86. The number of hydrogen-bond acceptors (Lipinski definition) is 3. The first-order chi connectivity index (χ1) is 9.80. The van der Waals surface area contributed by atoms with Crippen LogP contribution in [-0.2, 0) is 17.9 Å². The van der Waals surface area contributed by atoms with E-state index in [9.17, 15) is 4.79 Å². The number of aryl methyl sites for hydroxylation is 1. The molecule has 0 unspecified atom stereocenters. The molecular weight excluding hydrogens is 334 g/mol. The second kappa shape index (κ2) is 6.05. The first-order valence-electron chi connectivity index (χ1n) is 6.90. The lowest BCUT2D eigenvalue weighted by molar-refractivity contribution is 0.127. The third kappa shape index (κ3) is 3.97. The van der Waals surface area contributed by atoms with Gasteiger partial charge in [0.25, 0.3) is 0 Å². The molecule has 1 aromatic carbocycles. The van der Waals surface area contributed by atoms with Crippen molar-refractivity contribution in [3.05, 3.63) is 28.5 Å². The number of nitrogens with zero attached hydrogens (tertiary/aromatic N) is 2. The van der Waals surface area contributed by atoms with E-state index in [1.54, 1.807) is 0 Å². The highest BCUT2D eigenvalue weighted by molar-refractivity contribution is 9.10. The summed E-state index contributed by atoms with van der Waals surface area (Å²) in [5, 5.41) is 2.76. The summed E-state index contributed by atoms with van der Waals surface area (Å²) in [4.78, 5) is 16.3. The SMILES string of the molecule is CCn1c(COC(=O)NC(C)(C)C)nc2ccc(Br)cc21.